The normalized spacial score (nSPS) is 13.2. The molecule has 0 atom stereocenters. The molecule has 0 spiro atoms. The fraction of sp³-hybridized carbons (Fsp3) is 0.217. The molecule has 0 saturated carbocycles. The highest BCUT2D eigenvalue weighted by molar-refractivity contribution is 6.01. The summed E-state index contributed by atoms with van der Waals surface area (Å²) >= 11 is 0. The van der Waals surface area contributed by atoms with Crippen LogP contribution in [0.3, 0.4) is 0 Å². The van der Waals surface area contributed by atoms with Crippen LogP contribution in [0.1, 0.15) is 30.1 Å². The number of Topliss-reactive ketones (excluding diaryl/α,β-unsaturated/α-hetero) is 1. The number of rotatable bonds is 5. The molecule has 0 radical (unpaired) electrons. The molecule has 7 nitrogen and oxygen atoms in total. The van der Waals surface area contributed by atoms with Gasteiger partial charge in [-0.25, -0.2) is 4.79 Å². The van der Waals surface area contributed by atoms with E-state index in [0.29, 0.717) is 16.9 Å². The lowest BCUT2D eigenvalue weighted by atomic mass is 10.1. The van der Waals surface area contributed by atoms with E-state index in [1.54, 1.807) is 30.3 Å². The molecule has 4 rings (SSSR count). The lowest BCUT2D eigenvalue weighted by Gasteiger charge is -2.15. The number of aromatic nitrogens is 2. The first-order valence-corrected chi connectivity index (χ1v) is 9.96. The molecule has 1 fully saturated rings. The van der Waals surface area contributed by atoms with Gasteiger partial charge in [-0.2, -0.15) is 0 Å². The van der Waals surface area contributed by atoms with E-state index in [9.17, 15) is 9.59 Å². The Kier molecular flexibility index (Phi) is 5.70. The van der Waals surface area contributed by atoms with Gasteiger partial charge in [0, 0.05) is 35.6 Å². The molecule has 152 valence electrons. The number of carbonyl (C=O) groups is 2. The van der Waals surface area contributed by atoms with Crippen LogP contribution < -0.4 is 15.5 Å². The number of benzene rings is 2. The zero-order chi connectivity index (χ0) is 20.9. The number of urea groups is 1. The first-order valence-electron chi connectivity index (χ1n) is 9.96. The molecule has 0 bridgehead atoms. The number of carbonyl (C=O) groups excluding carboxylic acids is 2. The summed E-state index contributed by atoms with van der Waals surface area (Å²) in [7, 11) is 0. The summed E-state index contributed by atoms with van der Waals surface area (Å²) in [6, 6.07) is 17.8. The third kappa shape index (κ3) is 4.63. The molecule has 30 heavy (non-hydrogen) atoms. The maximum absolute atomic E-state index is 12.4. The number of hydrogen-bond donors (Lipinski definition) is 2. The Hall–Kier alpha value is -3.74. The Labute approximate surface area is 175 Å². The van der Waals surface area contributed by atoms with Crippen LogP contribution >= 0.6 is 0 Å². The maximum atomic E-state index is 12.4. The summed E-state index contributed by atoms with van der Waals surface area (Å²) in [5.74, 6) is 0.848. The van der Waals surface area contributed by atoms with Crippen LogP contribution in [0.5, 0.6) is 0 Å². The number of ketones is 1. The monoisotopic (exact) mass is 401 g/mol. The van der Waals surface area contributed by atoms with E-state index in [4.69, 9.17) is 0 Å². The predicted octanol–water partition coefficient (Wildman–Crippen LogP) is 4.59. The van der Waals surface area contributed by atoms with Gasteiger partial charge in [-0.05, 0) is 56.2 Å². The van der Waals surface area contributed by atoms with Gasteiger partial charge >= 0.3 is 6.03 Å². The van der Waals surface area contributed by atoms with Crippen molar-refractivity contribution in [3.05, 3.63) is 66.2 Å². The number of nitrogens with zero attached hydrogens (tertiary/aromatic N) is 3. The van der Waals surface area contributed by atoms with E-state index in [0.717, 1.165) is 30.2 Å². The SMILES string of the molecule is CC(=O)c1cccc(NC(=O)Nc2cccc(-c3ccc(N4CCCC4)nn3)c2)c1. The second kappa shape index (κ2) is 8.73. The van der Waals surface area contributed by atoms with Gasteiger partial charge in [0.25, 0.3) is 0 Å². The van der Waals surface area contributed by atoms with Crippen molar-refractivity contribution in [1.82, 2.24) is 10.2 Å². The summed E-state index contributed by atoms with van der Waals surface area (Å²) in [5.41, 5.74) is 3.35. The second-order valence-corrected chi connectivity index (χ2v) is 7.27. The summed E-state index contributed by atoms with van der Waals surface area (Å²) in [6.45, 7) is 3.54. The molecule has 0 unspecified atom stereocenters. The van der Waals surface area contributed by atoms with E-state index in [1.807, 2.05) is 30.3 Å². The first-order chi connectivity index (χ1) is 14.6. The van der Waals surface area contributed by atoms with E-state index in [-0.39, 0.29) is 11.8 Å². The molecule has 1 aromatic heterocycles. The Morgan fingerprint density at radius 2 is 1.57 bits per heavy atom. The first kappa shape index (κ1) is 19.6. The molecule has 1 aliphatic rings. The summed E-state index contributed by atoms with van der Waals surface area (Å²) in [4.78, 5) is 26.1. The molecule has 2 heterocycles. The Balaban J connectivity index is 1.43. The second-order valence-electron chi connectivity index (χ2n) is 7.27. The minimum atomic E-state index is -0.386. The van der Waals surface area contributed by atoms with Crippen molar-refractivity contribution in [3.63, 3.8) is 0 Å². The minimum Gasteiger partial charge on any atom is -0.355 e. The quantitative estimate of drug-likeness (QED) is 0.611. The third-order valence-electron chi connectivity index (χ3n) is 5.02. The number of nitrogens with one attached hydrogen (secondary N) is 2. The number of anilines is 3. The average molecular weight is 401 g/mol. The van der Waals surface area contributed by atoms with Crippen LogP contribution in [0.25, 0.3) is 11.3 Å². The van der Waals surface area contributed by atoms with Gasteiger partial charge in [0.1, 0.15) is 0 Å². The zero-order valence-electron chi connectivity index (χ0n) is 16.8. The molecule has 2 amide bonds. The fourth-order valence-electron chi connectivity index (χ4n) is 3.46. The van der Waals surface area contributed by atoms with Crippen LogP contribution in [0.15, 0.2) is 60.7 Å². The van der Waals surface area contributed by atoms with Crippen LogP contribution in [0, 0.1) is 0 Å². The summed E-state index contributed by atoms with van der Waals surface area (Å²) in [6.07, 6.45) is 2.39. The van der Waals surface area contributed by atoms with Crippen molar-refractivity contribution in [2.24, 2.45) is 0 Å². The number of hydrogen-bond acceptors (Lipinski definition) is 5. The van der Waals surface area contributed by atoms with Crippen LogP contribution in [-0.2, 0) is 0 Å². The average Bonchev–Trinajstić information content (AvgIpc) is 3.29. The third-order valence-corrected chi connectivity index (χ3v) is 5.02. The highest BCUT2D eigenvalue weighted by Gasteiger charge is 2.14. The van der Waals surface area contributed by atoms with Gasteiger partial charge in [0.2, 0.25) is 0 Å². The smallest absolute Gasteiger partial charge is 0.323 e. The largest absolute Gasteiger partial charge is 0.355 e. The van der Waals surface area contributed by atoms with Crippen molar-refractivity contribution < 1.29 is 9.59 Å². The van der Waals surface area contributed by atoms with Crippen molar-refractivity contribution in [1.29, 1.82) is 0 Å². The van der Waals surface area contributed by atoms with Gasteiger partial charge < -0.3 is 15.5 Å². The number of amides is 2. The van der Waals surface area contributed by atoms with E-state index in [2.05, 4.69) is 25.7 Å². The fourth-order valence-corrected chi connectivity index (χ4v) is 3.46. The summed E-state index contributed by atoms with van der Waals surface area (Å²) < 4.78 is 0. The van der Waals surface area contributed by atoms with Crippen LogP contribution in [0.4, 0.5) is 22.0 Å². The summed E-state index contributed by atoms with van der Waals surface area (Å²) in [5, 5.41) is 14.3. The van der Waals surface area contributed by atoms with Crippen molar-refractivity contribution in [3.8, 4) is 11.3 Å². The minimum absolute atomic E-state index is 0.0522. The highest BCUT2D eigenvalue weighted by atomic mass is 16.2. The van der Waals surface area contributed by atoms with Crippen LogP contribution in [-0.4, -0.2) is 35.1 Å². The molecular weight excluding hydrogens is 378 g/mol. The van der Waals surface area contributed by atoms with Crippen molar-refractivity contribution in [2.45, 2.75) is 19.8 Å². The molecule has 3 aromatic rings. The van der Waals surface area contributed by atoms with Gasteiger partial charge in [0.15, 0.2) is 11.6 Å². The standard InChI is InChI=1S/C23H23N5O2/c1-16(29)17-6-4-8-19(14-17)24-23(30)25-20-9-5-7-18(15-20)21-10-11-22(27-26-21)28-12-2-3-13-28/h4-11,14-15H,2-3,12-13H2,1H3,(H2,24,25,30). The molecule has 0 aliphatic carbocycles. The predicted molar refractivity (Wildman–Crippen MR) is 118 cm³/mol. The maximum Gasteiger partial charge on any atom is 0.323 e. The van der Waals surface area contributed by atoms with E-state index < -0.39 is 0 Å². The molecule has 2 aromatic carbocycles. The van der Waals surface area contributed by atoms with Gasteiger partial charge in [-0.1, -0.05) is 24.3 Å². The Bertz CT molecular complexity index is 1060. The zero-order valence-corrected chi connectivity index (χ0v) is 16.8. The van der Waals surface area contributed by atoms with Gasteiger partial charge in [-0.15, -0.1) is 10.2 Å². The highest BCUT2D eigenvalue weighted by Crippen LogP contribution is 2.23. The van der Waals surface area contributed by atoms with Crippen molar-refractivity contribution in [2.75, 3.05) is 28.6 Å². The van der Waals surface area contributed by atoms with Gasteiger partial charge in [0.05, 0.1) is 5.69 Å². The molecule has 1 aliphatic heterocycles. The van der Waals surface area contributed by atoms with Crippen molar-refractivity contribution >= 4 is 29.0 Å². The Morgan fingerprint density at radius 3 is 2.23 bits per heavy atom. The lowest BCUT2D eigenvalue weighted by Crippen LogP contribution is -2.19. The van der Waals surface area contributed by atoms with E-state index in [1.165, 1.54) is 19.8 Å². The topological polar surface area (TPSA) is 87.2 Å². The van der Waals surface area contributed by atoms with Crippen LogP contribution in [0.2, 0.25) is 0 Å². The lowest BCUT2D eigenvalue weighted by molar-refractivity contribution is 0.101. The van der Waals surface area contributed by atoms with E-state index >= 15 is 0 Å². The molecule has 7 heteroatoms. The Morgan fingerprint density at radius 1 is 0.867 bits per heavy atom. The molecule has 1 saturated heterocycles. The molecule has 2 N–H and O–H groups in total. The van der Waals surface area contributed by atoms with Gasteiger partial charge in [-0.3, -0.25) is 4.79 Å². The molecular formula is C23H23N5O2.